The van der Waals surface area contributed by atoms with E-state index >= 15 is 0 Å². The van der Waals surface area contributed by atoms with E-state index < -0.39 is 5.56 Å². The molecule has 0 saturated carbocycles. The van der Waals surface area contributed by atoms with Gasteiger partial charge in [-0.15, -0.1) is 0 Å². The van der Waals surface area contributed by atoms with Crippen LogP contribution in [0.25, 0.3) is 11.3 Å². The second kappa shape index (κ2) is 8.08. The normalized spacial score (nSPS) is 10.8. The molecule has 2 rings (SSSR count). The number of hydrogen-bond acceptors (Lipinski definition) is 6. The van der Waals surface area contributed by atoms with Gasteiger partial charge in [-0.05, 0) is 46.1 Å². The highest BCUT2D eigenvalue weighted by Crippen LogP contribution is 2.31. The van der Waals surface area contributed by atoms with Gasteiger partial charge in [0.1, 0.15) is 23.1 Å². The van der Waals surface area contributed by atoms with Gasteiger partial charge in [0, 0.05) is 11.6 Å². The van der Waals surface area contributed by atoms with Crippen LogP contribution in [0.5, 0.6) is 11.5 Å². The van der Waals surface area contributed by atoms with Gasteiger partial charge in [0.25, 0.3) is 5.56 Å². The molecule has 0 saturated heterocycles. The van der Waals surface area contributed by atoms with Crippen LogP contribution in [0.1, 0.15) is 33.3 Å². The van der Waals surface area contributed by atoms with Crippen LogP contribution >= 0.6 is 11.8 Å². The topological polar surface area (TPSA) is 88.0 Å². The fourth-order valence-electron chi connectivity index (χ4n) is 2.25. The first-order valence-electron chi connectivity index (χ1n) is 7.91. The first-order valence-corrected chi connectivity index (χ1v) is 9.13. The van der Waals surface area contributed by atoms with E-state index in [0.29, 0.717) is 27.9 Å². The zero-order valence-corrected chi connectivity index (χ0v) is 15.7. The van der Waals surface area contributed by atoms with Gasteiger partial charge in [0.2, 0.25) is 0 Å². The summed E-state index contributed by atoms with van der Waals surface area (Å²) < 4.78 is 11.6. The van der Waals surface area contributed by atoms with Crippen molar-refractivity contribution >= 4 is 11.8 Å². The second-order valence-electron chi connectivity index (χ2n) is 5.94. The van der Waals surface area contributed by atoms with Gasteiger partial charge in [0.05, 0.1) is 17.9 Å². The lowest BCUT2D eigenvalue weighted by molar-refractivity contribution is 0.229. The lowest BCUT2D eigenvalue weighted by Gasteiger charge is -2.16. The monoisotopic (exact) mass is 359 g/mol. The van der Waals surface area contributed by atoms with Crippen LogP contribution in [0.15, 0.2) is 28.2 Å². The zero-order chi connectivity index (χ0) is 18.6. The van der Waals surface area contributed by atoms with Crippen molar-refractivity contribution in [3.63, 3.8) is 0 Å². The Morgan fingerprint density at radius 3 is 2.12 bits per heavy atom. The summed E-state index contributed by atoms with van der Waals surface area (Å²) in [5.41, 5.74) is 0.429. The number of nitrogens with one attached hydrogen (secondary N) is 1. The quantitative estimate of drug-likeness (QED) is 0.626. The number of nitriles is 1. The van der Waals surface area contributed by atoms with Crippen molar-refractivity contribution in [2.75, 3.05) is 6.26 Å². The molecular weight excluding hydrogens is 338 g/mol. The summed E-state index contributed by atoms with van der Waals surface area (Å²) in [5.74, 6) is 1.19. The molecule has 2 aromatic rings. The molecular formula is C18H21N3O3S. The minimum atomic E-state index is -0.460. The summed E-state index contributed by atoms with van der Waals surface area (Å²) in [7, 11) is 0. The van der Waals surface area contributed by atoms with Gasteiger partial charge in [0.15, 0.2) is 5.16 Å². The van der Waals surface area contributed by atoms with Gasteiger partial charge in [-0.2, -0.15) is 5.26 Å². The van der Waals surface area contributed by atoms with Crippen molar-refractivity contribution in [1.82, 2.24) is 9.97 Å². The van der Waals surface area contributed by atoms with Crippen LogP contribution in [-0.4, -0.2) is 28.4 Å². The predicted molar refractivity (Wildman–Crippen MR) is 98.3 cm³/mol. The Bertz CT molecular complexity index is 825. The smallest absolute Gasteiger partial charge is 0.270 e. The maximum absolute atomic E-state index is 12.2. The van der Waals surface area contributed by atoms with Gasteiger partial charge < -0.3 is 14.5 Å². The predicted octanol–water partition coefficient (Wildman–Crippen LogP) is 3.60. The van der Waals surface area contributed by atoms with Crippen molar-refractivity contribution in [2.24, 2.45) is 0 Å². The Morgan fingerprint density at radius 1 is 1.12 bits per heavy atom. The molecule has 7 heteroatoms. The Labute approximate surface area is 151 Å². The number of rotatable bonds is 6. The fraction of sp³-hybridized carbons (Fsp3) is 0.389. The number of nitrogens with zero attached hydrogens (tertiary/aromatic N) is 2. The molecule has 0 atom stereocenters. The van der Waals surface area contributed by atoms with Crippen LogP contribution < -0.4 is 15.0 Å². The van der Waals surface area contributed by atoms with E-state index in [2.05, 4.69) is 9.97 Å². The van der Waals surface area contributed by atoms with E-state index in [9.17, 15) is 10.1 Å². The van der Waals surface area contributed by atoms with Gasteiger partial charge >= 0.3 is 0 Å². The Balaban J connectivity index is 2.67. The average Bonchev–Trinajstić information content (AvgIpc) is 2.52. The van der Waals surface area contributed by atoms with E-state index in [4.69, 9.17) is 9.47 Å². The molecule has 0 spiro atoms. The molecule has 1 heterocycles. The van der Waals surface area contributed by atoms with E-state index in [0.717, 1.165) is 0 Å². The van der Waals surface area contributed by atoms with Crippen LogP contribution in [0.4, 0.5) is 0 Å². The number of hydrogen-bond donors (Lipinski definition) is 1. The molecule has 0 aliphatic rings. The highest BCUT2D eigenvalue weighted by atomic mass is 32.2. The third kappa shape index (κ3) is 4.77. The zero-order valence-electron chi connectivity index (χ0n) is 14.9. The molecule has 0 aliphatic heterocycles. The van der Waals surface area contributed by atoms with Gasteiger partial charge in [-0.3, -0.25) is 4.79 Å². The molecule has 1 aromatic heterocycles. The van der Waals surface area contributed by atoms with Crippen LogP contribution in [0.3, 0.4) is 0 Å². The average molecular weight is 359 g/mol. The second-order valence-corrected chi connectivity index (χ2v) is 6.73. The summed E-state index contributed by atoms with van der Waals surface area (Å²) in [6.45, 7) is 7.70. The molecule has 0 bridgehead atoms. The van der Waals surface area contributed by atoms with Crippen LogP contribution in [-0.2, 0) is 0 Å². The van der Waals surface area contributed by atoms with E-state index in [1.807, 2.05) is 33.8 Å². The molecule has 1 N–H and O–H groups in total. The van der Waals surface area contributed by atoms with E-state index in [1.165, 1.54) is 11.8 Å². The van der Waals surface area contributed by atoms with Crippen molar-refractivity contribution in [3.8, 4) is 28.8 Å². The molecule has 0 radical (unpaired) electrons. The molecule has 0 fully saturated rings. The minimum Gasteiger partial charge on any atom is -0.491 e. The molecule has 0 unspecified atom stereocenters. The number of benzene rings is 1. The largest absolute Gasteiger partial charge is 0.491 e. The maximum Gasteiger partial charge on any atom is 0.270 e. The molecule has 1 aromatic carbocycles. The maximum atomic E-state index is 12.2. The lowest BCUT2D eigenvalue weighted by Crippen LogP contribution is -2.15. The molecule has 25 heavy (non-hydrogen) atoms. The standard InChI is InChI=1S/C18H21N3O3S/c1-10(2)23-13-6-12(7-14(8-13)24-11(3)4)16-15(9-19)17(22)21-18(20-16)25-5/h6-8,10-11H,1-5H3,(H,20,21,22). The Morgan fingerprint density at radius 2 is 1.68 bits per heavy atom. The van der Waals surface area contributed by atoms with Crippen molar-refractivity contribution < 1.29 is 9.47 Å². The van der Waals surface area contributed by atoms with Crippen molar-refractivity contribution in [3.05, 3.63) is 34.1 Å². The highest BCUT2D eigenvalue weighted by Gasteiger charge is 2.16. The van der Waals surface area contributed by atoms with Crippen LogP contribution in [0.2, 0.25) is 0 Å². The summed E-state index contributed by atoms with van der Waals surface area (Å²) in [4.78, 5) is 19.2. The summed E-state index contributed by atoms with van der Waals surface area (Å²) >= 11 is 1.30. The van der Waals surface area contributed by atoms with Crippen molar-refractivity contribution in [1.29, 1.82) is 5.26 Å². The Hall–Kier alpha value is -2.46. The SMILES string of the molecule is CSc1nc(-c2cc(OC(C)C)cc(OC(C)C)c2)c(C#N)c(=O)[nH]1. The first kappa shape index (κ1) is 18.9. The highest BCUT2D eigenvalue weighted by molar-refractivity contribution is 7.98. The molecule has 6 nitrogen and oxygen atoms in total. The van der Waals surface area contributed by atoms with E-state index in [-0.39, 0.29) is 17.8 Å². The van der Waals surface area contributed by atoms with Crippen LogP contribution in [0, 0.1) is 11.3 Å². The first-order chi connectivity index (χ1) is 11.8. The molecule has 0 amide bonds. The number of H-pyrrole nitrogens is 1. The number of thioether (sulfide) groups is 1. The van der Waals surface area contributed by atoms with Crippen molar-refractivity contribution in [2.45, 2.75) is 45.1 Å². The number of aromatic amines is 1. The van der Waals surface area contributed by atoms with Gasteiger partial charge in [-0.25, -0.2) is 4.98 Å². The lowest BCUT2D eigenvalue weighted by atomic mass is 10.1. The van der Waals surface area contributed by atoms with E-state index in [1.54, 1.807) is 24.5 Å². The fourth-order valence-corrected chi connectivity index (χ4v) is 2.63. The molecule has 0 aliphatic carbocycles. The Kier molecular flexibility index (Phi) is 6.10. The number of ether oxygens (including phenoxy) is 2. The summed E-state index contributed by atoms with van der Waals surface area (Å²) in [5, 5.41) is 9.82. The van der Waals surface area contributed by atoms with Gasteiger partial charge in [-0.1, -0.05) is 11.8 Å². The minimum absolute atomic E-state index is 0.0218. The third-order valence-corrected chi connectivity index (χ3v) is 3.68. The number of aromatic nitrogens is 2. The summed E-state index contributed by atoms with van der Waals surface area (Å²) in [6, 6.07) is 7.25. The summed E-state index contributed by atoms with van der Waals surface area (Å²) in [6.07, 6.45) is 1.76. The third-order valence-electron chi connectivity index (χ3n) is 3.10. The molecule has 132 valence electrons.